The molecule has 90 valence electrons. The highest BCUT2D eigenvalue weighted by atomic mass is 32.2. The van der Waals surface area contributed by atoms with Crippen LogP contribution < -0.4 is 5.32 Å². The number of nitrogens with one attached hydrogen (secondary N) is 1. The lowest BCUT2D eigenvalue weighted by Crippen LogP contribution is -2.27. The third-order valence-electron chi connectivity index (χ3n) is 2.97. The maximum Gasteiger partial charge on any atom is 0.00723 e. The molecule has 0 aromatic carbocycles. The van der Waals surface area contributed by atoms with Gasteiger partial charge in [-0.15, -0.1) is 0 Å². The van der Waals surface area contributed by atoms with Gasteiger partial charge in [-0.25, -0.2) is 0 Å². The van der Waals surface area contributed by atoms with Gasteiger partial charge in [0.2, 0.25) is 0 Å². The lowest BCUT2D eigenvalue weighted by atomic mass is 10.2. The summed E-state index contributed by atoms with van der Waals surface area (Å²) in [4.78, 5) is 2.65. The van der Waals surface area contributed by atoms with Crippen LogP contribution in [-0.2, 0) is 0 Å². The predicted molar refractivity (Wildman–Crippen MR) is 70.8 cm³/mol. The van der Waals surface area contributed by atoms with E-state index in [1.807, 2.05) is 7.05 Å². The third-order valence-corrected chi connectivity index (χ3v) is 4.01. The maximum absolute atomic E-state index is 3.20. The predicted octanol–water partition coefficient (Wildman–Crippen LogP) is 2.21. The molecule has 0 bridgehead atoms. The van der Waals surface area contributed by atoms with E-state index in [0.29, 0.717) is 0 Å². The molecule has 1 fully saturated rings. The van der Waals surface area contributed by atoms with Crippen LogP contribution in [-0.4, -0.2) is 49.6 Å². The van der Waals surface area contributed by atoms with Crippen molar-refractivity contribution in [3.05, 3.63) is 0 Å². The zero-order chi connectivity index (χ0) is 10.8. The number of nitrogens with zero attached hydrogens (tertiary/aromatic N) is 1. The second kappa shape index (κ2) is 9.49. The van der Waals surface area contributed by atoms with Crippen LogP contribution in [0.25, 0.3) is 0 Å². The van der Waals surface area contributed by atoms with Gasteiger partial charge in [0, 0.05) is 12.3 Å². The van der Waals surface area contributed by atoms with Gasteiger partial charge < -0.3 is 10.2 Å². The second-order valence-corrected chi connectivity index (χ2v) is 5.55. The zero-order valence-electron chi connectivity index (χ0n) is 10.1. The normalized spacial score (nSPS) is 19.0. The van der Waals surface area contributed by atoms with Crippen molar-refractivity contribution in [3.63, 3.8) is 0 Å². The Balaban J connectivity index is 1.89. The summed E-state index contributed by atoms with van der Waals surface area (Å²) in [5, 5.41) is 3.20. The Bertz CT molecular complexity index is 134. The molecule has 0 aromatic heterocycles. The highest BCUT2D eigenvalue weighted by Gasteiger charge is 2.07. The Morgan fingerprint density at radius 1 is 1.07 bits per heavy atom. The van der Waals surface area contributed by atoms with Crippen LogP contribution in [0.3, 0.4) is 0 Å². The zero-order valence-corrected chi connectivity index (χ0v) is 11.0. The first-order valence-electron chi connectivity index (χ1n) is 6.38. The number of thioether (sulfide) groups is 1. The minimum Gasteiger partial charge on any atom is -0.320 e. The van der Waals surface area contributed by atoms with Crippen molar-refractivity contribution < 1.29 is 0 Å². The van der Waals surface area contributed by atoms with Gasteiger partial charge in [-0.05, 0) is 51.7 Å². The lowest BCUT2D eigenvalue weighted by molar-refractivity contribution is 0.287. The first kappa shape index (κ1) is 13.3. The highest BCUT2D eigenvalue weighted by molar-refractivity contribution is 7.99. The maximum atomic E-state index is 3.20. The van der Waals surface area contributed by atoms with Gasteiger partial charge in [0.15, 0.2) is 0 Å². The van der Waals surface area contributed by atoms with Crippen molar-refractivity contribution in [1.29, 1.82) is 0 Å². The van der Waals surface area contributed by atoms with Crippen LogP contribution in [0.2, 0.25) is 0 Å². The standard InChI is InChI=1S/C12H26N2S/c1-13-7-4-2-3-5-8-14-9-6-11-15-12-10-14/h13H,2-12H2,1H3. The molecule has 0 radical (unpaired) electrons. The Labute approximate surface area is 99.2 Å². The molecule has 0 spiro atoms. The van der Waals surface area contributed by atoms with Crippen molar-refractivity contribution >= 4 is 11.8 Å². The van der Waals surface area contributed by atoms with Crippen LogP contribution in [0.15, 0.2) is 0 Å². The van der Waals surface area contributed by atoms with E-state index < -0.39 is 0 Å². The van der Waals surface area contributed by atoms with E-state index in [-0.39, 0.29) is 0 Å². The molecule has 1 N–H and O–H groups in total. The van der Waals surface area contributed by atoms with E-state index in [4.69, 9.17) is 0 Å². The van der Waals surface area contributed by atoms with Crippen molar-refractivity contribution in [3.8, 4) is 0 Å². The van der Waals surface area contributed by atoms with E-state index in [0.717, 1.165) is 0 Å². The average Bonchev–Trinajstić information content (AvgIpc) is 2.52. The topological polar surface area (TPSA) is 15.3 Å². The fraction of sp³-hybridized carbons (Fsp3) is 1.00. The van der Waals surface area contributed by atoms with Crippen molar-refractivity contribution in [2.75, 3.05) is 44.7 Å². The molecular weight excluding hydrogens is 204 g/mol. The summed E-state index contributed by atoms with van der Waals surface area (Å²) in [5.41, 5.74) is 0. The van der Waals surface area contributed by atoms with Crippen LogP contribution in [0, 0.1) is 0 Å². The van der Waals surface area contributed by atoms with Crippen molar-refractivity contribution in [1.82, 2.24) is 10.2 Å². The molecule has 0 amide bonds. The van der Waals surface area contributed by atoms with Gasteiger partial charge in [-0.1, -0.05) is 12.8 Å². The molecule has 0 atom stereocenters. The first-order valence-corrected chi connectivity index (χ1v) is 7.53. The first-order chi connectivity index (χ1) is 7.43. The number of unbranched alkanes of at least 4 members (excludes halogenated alkanes) is 3. The Morgan fingerprint density at radius 2 is 1.93 bits per heavy atom. The fourth-order valence-electron chi connectivity index (χ4n) is 2.01. The molecule has 1 heterocycles. The molecule has 0 aromatic rings. The summed E-state index contributed by atoms with van der Waals surface area (Å²) in [5.74, 6) is 2.72. The van der Waals surface area contributed by atoms with Gasteiger partial charge in [0.1, 0.15) is 0 Å². The quantitative estimate of drug-likeness (QED) is 0.675. The molecule has 15 heavy (non-hydrogen) atoms. The fourth-order valence-corrected chi connectivity index (χ4v) is 2.94. The van der Waals surface area contributed by atoms with Crippen LogP contribution in [0.4, 0.5) is 0 Å². The third kappa shape index (κ3) is 7.20. The van der Waals surface area contributed by atoms with E-state index in [9.17, 15) is 0 Å². The monoisotopic (exact) mass is 230 g/mol. The lowest BCUT2D eigenvalue weighted by Gasteiger charge is -2.18. The largest absolute Gasteiger partial charge is 0.320 e. The number of hydrogen-bond donors (Lipinski definition) is 1. The SMILES string of the molecule is CNCCCCCCN1CCCSCC1. The molecule has 0 aliphatic carbocycles. The molecule has 0 unspecified atom stereocenters. The van der Waals surface area contributed by atoms with Crippen LogP contribution in [0.1, 0.15) is 32.1 Å². The van der Waals surface area contributed by atoms with Gasteiger partial charge >= 0.3 is 0 Å². The van der Waals surface area contributed by atoms with Gasteiger partial charge in [-0.3, -0.25) is 0 Å². The van der Waals surface area contributed by atoms with Gasteiger partial charge in [0.05, 0.1) is 0 Å². The molecule has 1 rings (SSSR count). The van der Waals surface area contributed by atoms with Gasteiger partial charge in [0.25, 0.3) is 0 Å². The highest BCUT2D eigenvalue weighted by Crippen LogP contribution is 2.11. The number of hydrogen-bond acceptors (Lipinski definition) is 3. The van der Waals surface area contributed by atoms with Gasteiger partial charge in [-0.2, -0.15) is 11.8 Å². The molecular formula is C12H26N2S. The Kier molecular flexibility index (Phi) is 8.44. The van der Waals surface area contributed by atoms with E-state index in [1.165, 1.54) is 69.8 Å². The van der Waals surface area contributed by atoms with E-state index in [2.05, 4.69) is 22.0 Å². The molecule has 3 heteroatoms. The molecule has 1 aliphatic heterocycles. The summed E-state index contributed by atoms with van der Waals surface area (Å²) in [6.07, 6.45) is 6.93. The molecule has 1 saturated heterocycles. The van der Waals surface area contributed by atoms with Crippen LogP contribution >= 0.6 is 11.8 Å². The van der Waals surface area contributed by atoms with Crippen LogP contribution in [0.5, 0.6) is 0 Å². The van der Waals surface area contributed by atoms with E-state index >= 15 is 0 Å². The minimum atomic E-state index is 1.18. The summed E-state index contributed by atoms with van der Waals surface area (Å²) in [7, 11) is 2.04. The second-order valence-electron chi connectivity index (χ2n) is 4.33. The smallest absolute Gasteiger partial charge is 0.00723 e. The molecule has 2 nitrogen and oxygen atoms in total. The molecule has 0 saturated carbocycles. The van der Waals surface area contributed by atoms with Crippen molar-refractivity contribution in [2.45, 2.75) is 32.1 Å². The Morgan fingerprint density at radius 3 is 2.80 bits per heavy atom. The Hall–Kier alpha value is 0.270. The average molecular weight is 230 g/mol. The number of rotatable bonds is 7. The summed E-state index contributed by atoms with van der Waals surface area (Å²) < 4.78 is 0. The van der Waals surface area contributed by atoms with E-state index in [1.54, 1.807) is 0 Å². The molecule has 1 aliphatic rings. The summed E-state index contributed by atoms with van der Waals surface area (Å²) >= 11 is 2.12. The minimum absolute atomic E-state index is 1.18. The summed E-state index contributed by atoms with van der Waals surface area (Å²) in [6.45, 7) is 5.17. The summed E-state index contributed by atoms with van der Waals surface area (Å²) in [6, 6.07) is 0. The van der Waals surface area contributed by atoms with Crippen molar-refractivity contribution in [2.24, 2.45) is 0 Å².